The Morgan fingerprint density at radius 2 is 2.00 bits per heavy atom. The highest BCUT2D eigenvalue weighted by Gasteiger charge is 2.12. The van der Waals surface area contributed by atoms with E-state index < -0.39 is 5.97 Å². The van der Waals surface area contributed by atoms with Crippen LogP contribution < -0.4 is 0 Å². The van der Waals surface area contributed by atoms with Crippen LogP contribution >= 0.6 is 0 Å². The van der Waals surface area contributed by atoms with Gasteiger partial charge in [-0.1, -0.05) is 12.1 Å². The summed E-state index contributed by atoms with van der Waals surface area (Å²) in [5, 5.41) is 9.92. The second kappa shape index (κ2) is 4.24. The first kappa shape index (κ1) is 11.7. The maximum absolute atomic E-state index is 10.7. The summed E-state index contributed by atoms with van der Waals surface area (Å²) in [6.07, 6.45) is 0.768. The molecule has 3 heteroatoms. The molecule has 17 heavy (non-hydrogen) atoms. The maximum Gasteiger partial charge on any atom is 0.303 e. The first-order chi connectivity index (χ1) is 8.00. The predicted octanol–water partition coefficient (Wildman–Crippen LogP) is 3.11. The minimum absolute atomic E-state index is 0.181. The number of carbonyl (C=O) groups is 1. The van der Waals surface area contributed by atoms with Gasteiger partial charge in [0.2, 0.25) is 0 Å². The lowest BCUT2D eigenvalue weighted by atomic mass is 10.0. The average Bonchev–Trinajstić information content (AvgIpc) is 2.58. The van der Waals surface area contributed by atoms with Gasteiger partial charge < -0.3 is 10.1 Å². The zero-order valence-electron chi connectivity index (χ0n) is 10.4. The van der Waals surface area contributed by atoms with Gasteiger partial charge in [0.15, 0.2) is 0 Å². The molecular weight excluding hydrogens is 214 g/mol. The minimum atomic E-state index is -0.748. The molecule has 0 fully saturated rings. The van der Waals surface area contributed by atoms with E-state index in [0.717, 1.165) is 22.2 Å². The summed E-state index contributed by atoms with van der Waals surface area (Å²) >= 11 is 0. The zero-order valence-corrected chi connectivity index (χ0v) is 10.4. The molecule has 0 spiro atoms. The fourth-order valence-corrected chi connectivity index (χ4v) is 2.25. The van der Waals surface area contributed by atoms with Crippen LogP contribution in [-0.4, -0.2) is 16.1 Å². The van der Waals surface area contributed by atoms with Crippen LogP contribution in [0, 0.1) is 20.8 Å². The summed E-state index contributed by atoms with van der Waals surface area (Å²) in [5.74, 6) is -0.748. The molecule has 90 valence electrons. The van der Waals surface area contributed by atoms with Crippen molar-refractivity contribution in [2.24, 2.45) is 0 Å². The predicted molar refractivity (Wildman–Crippen MR) is 68.5 cm³/mol. The third-order valence-corrected chi connectivity index (χ3v) is 3.41. The van der Waals surface area contributed by atoms with Gasteiger partial charge in [-0.05, 0) is 43.9 Å². The number of rotatable bonds is 3. The number of carboxylic acids is 1. The van der Waals surface area contributed by atoms with Crippen LogP contribution in [0.3, 0.4) is 0 Å². The summed E-state index contributed by atoms with van der Waals surface area (Å²) in [4.78, 5) is 14.0. The average molecular weight is 231 g/mol. The lowest BCUT2D eigenvalue weighted by molar-refractivity contribution is -0.136. The van der Waals surface area contributed by atoms with Crippen molar-refractivity contribution in [1.29, 1.82) is 0 Å². The lowest BCUT2D eigenvalue weighted by Gasteiger charge is -2.02. The van der Waals surface area contributed by atoms with E-state index in [4.69, 9.17) is 5.11 Å². The summed E-state index contributed by atoms with van der Waals surface area (Å²) in [7, 11) is 0. The number of benzene rings is 1. The molecule has 1 aromatic heterocycles. The van der Waals surface area contributed by atoms with Crippen LogP contribution in [-0.2, 0) is 11.2 Å². The van der Waals surface area contributed by atoms with Gasteiger partial charge in [-0.15, -0.1) is 0 Å². The Morgan fingerprint density at radius 1 is 1.29 bits per heavy atom. The van der Waals surface area contributed by atoms with Crippen molar-refractivity contribution in [3.8, 4) is 0 Å². The summed E-state index contributed by atoms with van der Waals surface area (Å²) < 4.78 is 0. The van der Waals surface area contributed by atoms with Crippen molar-refractivity contribution < 1.29 is 9.90 Å². The molecule has 2 rings (SSSR count). The first-order valence-corrected chi connectivity index (χ1v) is 5.80. The van der Waals surface area contributed by atoms with Gasteiger partial charge in [-0.2, -0.15) is 0 Å². The summed E-state index contributed by atoms with van der Waals surface area (Å²) in [5.41, 5.74) is 5.85. The Kier molecular flexibility index (Phi) is 2.92. The molecule has 0 aliphatic carbocycles. The molecule has 2 N–H and O–H groups in total. The quantitative estimate of drug-likeness (QED) is 0.852. The van der Waals surface area contributed by atoms with E-state index in [0.29, 0.717) is 6.42 Å². The number of hydrogen-bond acceptors (Lipinski definition) is 1. The van der Waals surface area contributed by atoms with Crippen molar-refractivity contribution in [3.05, 3.63) is 34.5 Å². The number of fused-ring (bicyclic) bond motifs is 1. The maximum atomic E-state index is 10.7. The van der Waals surface area contributed by atoms with Crippen molar-refractivity contribution in [1.82, 2.24) is 4.98 Å². The van der Waals surface area contributed by atoms with E-state index in [1.165, 1.54) is 11.1 Å². The molecule has 2 aromatic rings. The Balaban J connectivity index is 2.52. The molecular formula is C14H17NO2. The SMILES string of the molecule is Cc1ccc2c(CCC(=O)O)c(C)[nH]c2c1C. The summed E-state index contributed by atoms with van der Waals surface area (Å²) in [6.45, 7) is 6.18. The Bertz CT molecular complexity index is 581. The number of H-pyrrole nitrogens is 1. The molecule has 0 saturated heterocycles. The number of nitrogens with one attached hydrogen (secondary N) is 1. The number of aliphatic carboxylic acids is 1. The molecule has 0 bridgehead atoms. The largest absolute Gasteiger partial charge is 0.481 e. The highest BCUT2D eigenvalue weighted by molar-refractivity contribution is 5.88. The van der Waals surface area contributed by atoms with E-state index >= 15 is 0 Å². The molecule has 0 unspecified atom stereocenters. The van der Waals surface area contributed by atoms with Crippen LogP contribution in [0.2, 0.25) is 0 Å². The van der Waals surface area contributed by atoms with Gasteiger partial charge >= 0.3 is 5.97 Å². The van der Waals surface area contributed by atoms with E-state index in [-0.39, 0.29) is 6.42 Å². The minimum Gasteiger partial charge on any atom is -0.481 e. The molecule has 0 aliphatic heterocycles. The van der Waals surface area contributed by atoms with Gasteiger partial charge in [-0.25, -0.2) is 0 Å². The fraction of sp³-hybridized carbons (Fsp3) is 0.357. The van der Waals surface area contributed by atoms with Crippen molar-refractivity contribution >= 4 is 16.9 Å². The van der Waals surface area contributed by atoms with Crippen molar-refractivity contribution in [2.75, 3.05) is 0 Å². The van der Waals surface area contributed by atoms with E-state index in [2.05, 4.69) is 31.0 Å². The van der Waals surface area contributed by atoms with Crippen molar-refractivity contribution in [2.45, 2.75) is 33.6 Å². The van der Waals surface area contributed by atoms with Gasteiger partial charge in [0.1, 0.15) is 0 Å². The number of aryl methyl sites for hydroxylation is 4. The third kappa shape index (κ3) is 2.05. The van der Waals surface area contributed by atoms with Gasteiger partial charge in [-0.3, -0.25) is 4.79 Å². The van der Waals surface area contributed by atoms with Crippen LogP contribution in [0.1, 0.15) is 28.8 Å². The molecule has 3 nitrogen and oxygen atoms in total. The molecule has 0 radical (unpaired) electrons. The number of aromatic amines is 1. The van der Waals surface area contributed by atoms with Crippen LogP contribution in [0.15, 0.2) is 12.1 Å². The standard InChI is InChI=1S/C14H17NO2/c1-8-4-5-12-11(6-7-13(16)17)10(3)15-14(12)9(8)2/h4-5,15H,6-7H2,1-3H3,(H,16,17). The molecule has 0 amide bonds. The molecule has 1 heterocycles. The van der Waals surface area contributed by atoms with E-state index in [9.17, 15) is 4.79 Å². The van der Waals surface area contributed by atoms with E-state index in [1.54, 1.807) is 0 Å². The van der Waals surface area contributed by atoms with E-state index in [1.807, 2.05) is 6.92 Å². The van der Waals surface area contributed by atoms with Gasteiger partial charge in [0, 0.05) is 23.0 Å². The Morgan fingerprint density at radius 3 is 2.65 bits per heavy atom. The number of hydrogen-bond donors (Lipinski definition) is 2. The third-order valence-electron chi connectivity index (χ3n) is 3.41. The smallest absolute Gasteiger partial charge is 0.303 e. The highest BCUT2D eigenvalue weighted by atomic mass is 16.4. The Hall–Kier alpha value is -1.77. The normalized spacial score (nSPS) is 11.0. The monoisotopic (exact) mass is 231 g/mol. The molecule has 0 atom stereocenters. The van der Waals surface area contributed by atoms with Crippen molar-refractivity contribution in [3.63, 3.8) is 0 Å². The molecule has 1 aromatic carbocycles. The molecule has 0 saturated carbocycles. The van der Waals surface area contributed by atoms with Gasteiger partial charge in [0.05, 0.1) is 0 Å². The second-order valence-corrected chi connectivity index (χ2v) is 4.55. The van der Waals surface area contributed by atoms with Crippen LogP contribution in [0.4, 0.5) is 0 Å². The first-order valence-electron chi connectivity index (χ1n) is 5.80. The summed E-state index contributed by atoms with van der Waals surface area (Å²) in [6, 6.07) is 4.17. The number of carboxylic acid groups (broad SMARTS) is 1. The topological polar surface area (TPSA) is 53.1 Å². The second-order valence-electron chi connectivity index (χ2n) is 4.55. The number of aromatic nitrogens is 1. The lowest BCUT2D eigenvalue weighted by Crippen LogP contribution is -1.98. The highest BCUT2D eigenvalue weighted by Crippen LogP contribution is 2.27. The van der Waals surface area contributed by atoms with Crippen LogP contribution in [0.5, 0.6) is 0 Å². The Labute approximate surface area is 100 Å². The molecule has 0 aliphatic rings. The fourth-order valence-electron chi connectivity index (χ4n) is 2.25. The van der Waals surface area contributed by atoms with Gasteiger partial charge in [0.25, 0.3) is 0 Å². The van der Waals surface area contributed by atoms with Crippen LogP contribution in [0.25, 0.3) is 10.9 Å². The zero-order chi connectivity index (χ0) is 12.6.